The molecule has 0 aromatic heterocycles. The summed E-state index contributed by atoms with van der Waals surface area (Å²) in [6.45, 7) is 0. The average Bonchev–Trinajstić information content (AvgIpc) is 2.54. The van der Waals surface area contributed by atoms with E-state index in [-0.39, 0.29) is 17.0 Å². The van der Waals surface area contributed by atoms with Crippen LogP contribution in [0.4, 0.5) is 18.9 Å². The van der Waals surface area contributed by atoms with Crippen LogP contribution in [-0.2, 0) is 6.18 Å². The van der Waals surface area contributed by atoms with Gasteiger partial charge in [-0.3, -0.25) is 4.79 Å². The molecule has 0 heterocycles. The van der Waals surface area contributed by atoms with E-state index in [0.717, 1.165) is 6.07 Å². The number of carbonyl (C=O) groups excluding carboxylic acids is 1. The summed E-state index contributed by atoms with van der Waals surface area (Å²) in [6.07, 6.45) is -4.59. The highest BCUT2D eigenvalue weighted by molar-refractivity contribution is 6.15. The number of amides is 1. The standard InChI is InChI=1S/C18H12F3NO2/c19-18(20,21)13-7-3-4-8-14(13)22-17(24)16-12-6-2-1-5-11(12)9-10-15(16)23/h1-10,23H,(H,22,24). The van der Waals surface area contributed by atoms with E-state index in [1.807, 2.05) is 0 Å². The van der Waals surface area contributed by atoms with Crippen molar-refractivity contribution in [2.45, 2.75) is 6.18 Å². The van der Waals surface area contributed by atoms with Crippen LogP contribution < -0.4 is 5.32 Å². The Balaban J connectivity index is 2.05. The summed E-state index contributed by atoms with van der Waals surface area (Å²) in [5.74, 6) is -1.10. The van der Waals surface area contributed by atoms with Crippen molar-refractivity contribution in [3.05, 3.63) is 71.8 Å². The highest BCUT2D eigenvalue weighted by Gasteiger charge is 2.33. The predicted octanol–water partition coefficient (Wildman–Crippen LogP) is 4.82. The van der Waals surface area contributed by atoms with Crippen LogP contribution in [0.5, 0.6) is 5.75 Å². The zero-order valence-electron chi connectivity index (χ0n) is 12.3. The fraction of sp³-hybridized carbons (Fsp3) is 0.0556. The number of aromatic hydroxyl groups is 1. The number of benzene rings is 3. The maximum absolute atomic E-state index is 13.0. The lowest BCUT2D eigenvalue weighted by atomic mass is 10.0. The summed E-state index contributed by atoms with van der Waals surface area (Å²) in [4.78, 5) is 12.5. The van der Waals surface area contributed by atoms with Gasteiger partial charge in [0.25, 0.3) is 5.91 Å². The topological polar surface area (TPSA) is 49.3 Å². The second-order valence-electron chi connectivity index (χ2n) is 5.18. The molecule has 0 spiro atoms. The third-order valence-corrected chi connectivity index (χ3v) is 3.61. The van der Waals surface area contributed by atoms with Crippen molar-refractivity contribution in [3.63, 3.8) is 0 Å². The van der Waals surface area contributed by atoms with Crippen molar-refractivity contribution in [1.29, 1.82) is 0 Å². The number of nitrogens with one attached hydrogen (secondary N) is 1. The van der Waals surface area contributed by atoms with Crippen molar-refractivity contribution in [3.8, 4) is 5.75 Å². The lowest BCUT2D eigenvalue weighted by molar-refractivity contribution is -0.136. The molecule has 0 saturated heterocycles. The van der Waals surface area contributed by atoms with Crippen LogP contribution in [0, 0.1) is 0 Å². The number of rotatable bonds is 2. The van der Waals surface area contributed by atoms with E-state index in [1.54, 1.807) is 30.3 Å². The summed E-state index contributed by atoms with van der Waals surface area (Å²) >= 11 is 0. The summed E-state index contributed by atoms with van der Waals surface area (Å²) in [7, 11) is 0. The smallest absolute Gasteiger partial charge is 0.418 e. The number of hydrogen-bond donors (Lipinski definition) is 2. The largest absolute Gasteiger partial charge is 0.507 e. The Morgan fingerprint density at radius 1 is 0.917 bits per heavy atom. The van der Waals surface area contributed by atoms with Crippen molar-refractivity contribution in [2.75, 3.05) is 5.32 Å². The van der Waals surface area contributed by atoms with Crippen LogP contribution in [-0.4, -0.2) is 11.0 Å². The SMILES string of the molecule is O=C(Nc1ccccc1C(F)(F)F)c1c(O)ccc2ccccc12. The molecule has 0 bridgehead atoms. The van der Waals surface area contributed by atoms with E-state index in [2.05, 4.69) is 5.32 Å². The van der Waals surface area contributed by atoms with Crippen LogP contribution in [0.1, 0.15) is 15.9 Å². The van der Waals surface area contributed by atoms with Gasteiger partial charge in [0.05, 0.1) is 16.8 Å². The molecule has 3 nitrogen and oxygen atoms in total. The van der Waals surface area contributed by atoms with Crippen molar-refractivity contribution < 1.29 is 23.1 Å². The first kappa shape index (κ1) is 15.9. The lowest BCUT2D eigenvalue weighted by Gasteiger charge is -2.14. The normalized spacial score (nSPS) is 11.5. The molecule has 0 fully saturated rings. The maximum Gasteiger partial charge on any atom is 0.418 e. The first-order valence-electron chi connectivity index (χ1n) is 7.06. The van der Waals surface area contributed by atoms with Gasteiger partial charge in [-0.1, -0.05) is 42.5 Å². The molecule has 3 aromatic carbocycles. The predicted molar refractivity (Wildman–Crippen MR) is 85.0 cm³/mol. The van der Waals surface area contributed by atoms with Gasteiger partial charge in [0.15, 0.2) is 0 Å². The number of alkyl halides is 3. The van der Waals surface area contributed by atoms with Gasteiger partial charge in [-0.25, -0.2) is 0 Å². The average molecular weight is 331 g/mol. The Morgan fingerprint density at radius 2 is 1.58 bits per heavy atom. The molecular weight excluding hydrogens is 319 g/mol. The second kappa shape index (κ2) is 5.88. The van der Waals surface area contributed by atoms with Crippen LogP contribution in [0.3, 0.4) is 0 Å². The molecule has 122 valence electrons. The summed E-state index contributed by atoms with van der Waals surface area (Å²) in [6, 6.07) is 14.5. The minimum atomic E-state index is -4.59. The molecule has 0 aliphatic carbocycles. The third kappa shape index (κ3) is 2.90. The molecule has 0 saturated carbocycles. The Hall–Kier alpha value is -3.02. The number of phenols is 1. The molecule has 0 radical (unpaired) electrons. The minimum absolute atomic E-state index is 0.0647. The Labute approximate surface area is 135 Å². The van der Waals surface area contributed by atoms with Crippen molar-refractivity contribution >= 4 is 22.4 Å². The molecule has 2 N–H and O–H groups in total. The van der Waals surface area contributed by atoms with E-state index >= 15 is 0 Å². The number of phenolic OH excluding ortho intramolecular Hbond substituents is 1. The molecule has 0 unspecified atom stereocenters. The molecule has 3 rings (SSSR count). The molecule has 1 amide bonds. The van der Waals surface area contributed by atoms with Gasteiger partial charge in [-0.15, -0.1) is 0 Å². The lowest BCUT2D eigenvalue weighted by Crippen LogP contribution is -2.17. The number of carbonyl (C=O) groups is 1. The monoisotopic (exact) mass is 331 g/mol. The molecule has 24 heavy (non-hydrogen) atoms. The molecule has 0 atom stereocenters. The van der Waals surface area contributed by atoms with Crippen LogP contribution in [0.2, 0.25) is 0 Å². The Bertz CT molecular complexity index is 920. The molecule has 3 aromatic rings. The van der Waals surface area contributed by atoms with Gasteiger partial charge in [-0.05, 0) is 29.0 Å². The van der Waals surface area contributed by atoms with Crippen LogP contribution in [0.25, 0.3) is 10.8 Å². The van der Waals surface area contributed by atoms with Crippen molar-refractivity contribution in [2.24, 2.45) is 0 Å². The molecule has 0 aliphatic rings. The summed E-state index contributed by atoms with van der Waals surface area (Å²) < 4.78 is 39.1. The highest BCUT2D eigenvalue weighted by atomic mass is 19.4. The highest BCUT2D eigenvalue weighted by Crippen LogP contribution is 2.35. The first-order valence-corrected chi connectivity index (χ1v) is 7.06. The fourth-order valence-corrected chi connectivity index (χ4v) is 2.52. The van der Waals surface area contributed by atoms with E-state index in [0.29, 0.717) is 10.8 Å². The number of halogens is 3. The van der Waals surface area contributed by atoms with E-state index in [1.165, 1.54) is 24.3 Å². The van der Waals surface area contributed by atoms with Gasteiger partial charge in [-0.2, -0.15) is 13.2 Å². The van der Waals surface area contributed by atoms with Crippen LogP contribution in [0.15, 0.2) is 60.7 Å². The number of para-hydroxylation sites is 1. The second-order valence-corrected chi connectivity index (χ2v) is 5.18. The molecule has 0 aliphatic heterocycles. The first-order chi connectivity index (χ1) is 11.4. The quantitative estimate of drug-likeness (QED) is 0.707. The summed E-state index contributed by atoms with van der Waals surface area (Å²) in [5, 5.41) is 13.4. The fourth-order valence-electron chi connectivity index (χ4n) is 2.52. The van der Waals surface area contributed by atoms with Gasteiger partial charge >= 0.3 is 6.18 Å². The van der Waals surface area contributed by atoms with Gasteiger partial charge < -0.3 is 10.4 Å². The maximum atomic E-state index is 13.0. The number of fused-ring (bicyclic) bond motifs is 1. The number of anilines is 1. The van der Waals surface area contributed by atoms with E-state index < -0.39 is 17.6 Å². The zero-order valence-corrected chi connectivity index (χ0v) is 12.3. The van der Waals surface area contributed by atoms with Crippen LogP contribution >= 0.6 is 0 Å². The molecule has 6 heteroatoms. The molecular formula is C18H12F3NO2. The summed E-state index contributed by atoms with van der Waals surface area (Å²) in [5.41, 5.74) is -1.37. The minimum Gasteiger partial charge on any atom is -0.507 e. The van der Waals surface area contributed by atoms with Gasteiger partial charge in [0, 0.05) is 0 Å². The zero-order chi connectivity index (χ0) is 17.3. The van der Waals surface area contributed by atoms with Crippen molar-refractivity contribution in [1.82, 2.24) is 0 Å². The Morgan fingerprint density at radius 3 is 2.33 bits per heavy atom. The van der Waals surface area contributed by atoms with Gasteiger partial charge in [0.2, 0.25) is 0 Å². The Kier molecular flexibility index (Phi) is 3.89. The third-order valence-electron chi connectivity index (χ3n) is 3.61. The van der Waals surface area contributed by atoms with E-state index in [9.17, 15) is 23.1 Å². The van der Waals surface area contributed by atoms with E-state index in [4.69, 9.17) is 0 Å². The number of hydrogen-bond acceptors (Lipinski definition) is 2. The van der Waals surface area contributed by atoms with Gasteiger partial charge in [0.1, 0.15) is 5.75 Å².